The van der Waals surface area contributed by atoms with Crippen LogP contribution in [0.25, 0.3) is 0 Å². The van der Waals surface area contributed by atoms with E-state index in [1.54, 1.807) is 30.3 Å². The number of nitrogens with zero attached hydrogens (tertiary/aromatic N) is 2. The summed E-state index contributed by atoms with van der Waals surface area (Å²) < 4.78 is 41.5. The third-order valence-corrected chi connectivity index (χ3v) is 9.25. The van der Waals surface area contributed by atoms with Crippen molar-refractivity contribution < 1.29 is 22.4 Å². The minimum atomic E-state index is -3.60. The smallest absolute Gasteiger partial charge is 0.243 e. The molecule has 3 aromatic carbocycles. The van der Waals surface area contributed by atoms with E-state index in [9.17, 15) is 22.4 Å². The quantitative estimate of drug-likeness (QED) is 0.257. The van der Waals surface area contributed by atoms with Gasteiger partial charge in [-0.3, -0.25) is 13.9 Å². The minimum Gasteiger partial charge on any atom is -0.352 e. The van der Waals surface area contributed by atoms with Crippen LogP contribution in [0.15, 0.2) is 78.9 Å². The molecule has 9 heteroatoms. The molecular weight excluding hydrogens is 565 g/mol. The van der Waals surface area contributed by atoms with Gasteiger partial charge in [-0.2, -0.15) is 0 Å². The zero-order chi connectivity index (χ0) is 30.8. The second kappa shape index (κ2) is 15.1. The highest BCUT2D eigenvalue weighted by atomic mass is 32.2. The van der Waals surface area contributed by atoms with Crippen LogP contribution in [0, 0.1) is 5.82 Å². The maximum atomic E-state index is 14.9. The van der Waals surface area contributed by atoms with Crippen LogP contribution in [0.2, 0.25) is 0 Å². The van der Waals surface area contributed by atoms with E-state index in [4.69, 9.17) is 0 Å². The molecule has 43 heavy (non-hydrogen) atoms. The fourth-order valence-electron chi connectivity index (χ4n) is 5.63. The van der Waals surface area contributed by atoms with Gasteiger partial charge in [0.25, 0.3) is 0 Å². The van der Waals surface area contributed by atoms with E-state index in [2.05, 4.69) is 5.32 Å². The Balaban J connectivity index is 1.58. The fraction of sp³-hybridized carbons (Fsp3) is 0.412. The maximum Gasteiger partial charge on any atom is 0.243 e. The first-order valence-corrected chi connectivity index (χ1v) is 16.9. The van der Waals surface area contributed by atoms with Gasteiger partial charge in [-0.25, -0.2) is 12.8 Å². The van der Waals surface area contributed by atoms with Crippen molar-refractivity contribution in [2.75, 3.05) is 17.1 Å². The molecule has 0 spiro atoms. The number of hydrogen-bond acceptors (Lipinski definition) is 4. The minimum absolute atomic E-state index is 0.00445. The van der Waals surface area contributed by atoms with Gasteiger partial charge in [0.05, 0.1) is 11.9 Å². The molecule has 230 valence electrons. The van der Waals surface area contributed by atoms with Gasteiger partial charge in [0.15, 0.2) is 0 Å². The number of hydrogen-bond donors (Lipinski definition) is 1. The molecule has 1 aliphatic rings. The molecule has 0 radical (unpaired) electrons. The molecule has 3 aromatic rings. The van der Waals surface area contributed by atoms with Crippen molar-refractivity contribution in [1.82, 2.24) is 10.2 Å². The topological polar surface area (TPSA) is 86.8 Å². The molecule has 1 aliphatic carbocycles. The SMILES string of the molecule is CCc1ccc(N(CCCC(=O)N(Cc2ccccc2F)[C@@H](Cc2ccccc2)C(=O)NC2CCCC2)S(C)(=O)=O)cc1. The van der Waals surface area contributed by atoms with E-state index in [1.807, 2.05) is 49.4 Å². The second-order valence-electron chi connectivity index (χ2n) is 11.3. The van der Waals surface area contributed by atoms with Gasteiger partial charge in [-0.05, 0) is 55.0 Å². The standard InChI is InChI=1S/C34H42FN3O4S/c1-3-26-19-21-30(22-20-26)38(43(2,41)42)23-11-18-33(39)37(25-28-14-7-10-17-31(28)35)32(24-27-12-5-4-6-13-27)34(40)36-29-15-8-9-16-29/h4-7,10,12-14,17,19-22,29,32H,3,8-9,11,15-16,18,23-25H2,1-2H3,(H,36,40)/t32-/m0/s1. The van der Waals surface area contributed by atoms with Crippen LogP contribution in [0.1, 0.15) is 62.1 Å². The van der Waals surface area contributed by atoms with Crippen LogP contribution in [0.5, 0.6) is 0 Å². The van der Waals surface area contributed by atoms with Gasteiger partial charge in [-0.15, -0.1) is 0 Å². The lowest BCUT2D eigenvalue weighted by molar-refractivity contribution is -0.141. The van der Waals surface area contributed by atoms with Crippen LogP contribution in [0.4, 0.5) is 10.1 Å². The van der Waals surface area contributed by atoms with E-state index >= 15 is 0 Å². The van der Waals surface area contributed by atoms with Crippen LogP contribution >= 0.6 is 0 Å². The first kappa shape index (κ1) is 32.2. The highest BCUT2D eigenvalue weighted by Gasteiger charge is 2.32. The molecule has 2 amide bonds. The van der Waals surface area contributed by atoms with E-state index in [0.29, 0.717) is 11.3 Å². The zero-order valence-electron chi connectivity index (χ0n) is 25.0. The molecule has 0 heterocycles. The predicted octanol–water partition coefficient (Wildman–Crippen LogP) is 5.63. The molecule has 1 atom stereocenters. The van der Waals surface area contributed by atoms with Gasteiger partial charge >= 0.3 is 0 Å². The average Bonchev–Trinajstić information content (AvgIpc) is 3.51. The van der Waals surface area contributed by atoms with Crippen molar-refractivity contribution in [3.63, 3.8) is 0 Å². The largest absolute Gasteiger partial charge is 0.352 e. The van der Waals surface area contributed by atoms with E-state index < -0.39 is 21.9 Å². The molecule has 1 fully saturated rings. The number of benzene rings is 3. The summed E-state index contributed by atoms with van der Waals surface area (Å²) in [5, 5.41) is 3.15. The summed E-state index contributed by atoms with van der Waals surface area (Å²) in [6, 6.07) is 22.3. The molecule has 0 saturated heterocycles. The zero-order valence-corrected chi connectivity index (χ0v) is 25.9. The molecule has 0 aromatic heterocycles. The van der Waals surface area contributed by atoms with Crippen molar-refractivity contribution in [2.24, 2.45) is 0 Å². The van der Waals surface area contributed by atoms with Crippen LogP contribution in [-0.4, -0.2) is 50.0 Å². The van der Waals surface area contributed by atoms with Gasteiger partial charge in [0.1, 0.15) is 11.9 Å². The highest BCUT2D eigenvalue weighted by Crippen LogP contribution is 2.23. The van der Waals surface area contributed by atoms with E-state index in [1.165, 1.54) is 15.3 Å². The van der Waals surface area contributed by atoms with Crippen LogP contribution in [-0.2, 0) is 39.0 Å². The van der Waals surface area contributed by atoms with E-state index in [0.717, 1.165) is 49.5 Å². The lowest BCUT2D eigenvalue weighted by Gasteiger charge is -2.33. The Hall–Kier alpha value is -3.72. The molecular formula is C34H42FN3O4S. The molecule has 1 saturated carbocycles. The van der Waals surface area contributed by atoms with Crippen LogP contribution < -0.4 is 9.62 Å². The van der Waals surface area contributed by atoms with E-state index in [-0.39, 0.29) is 50.2 Å². The number of sulfonamides is 1. The average molecular weight is 608 g/mol. The van der Waals surface area contributed by atoms with Crippen molar-refractivity contribution in [3.8, 4) is 0 Å². The van der Waals surface area contributed by atoms with Crippen LogP contribution in [0.3, 0.4) is 0 Å². The lowest BCUT2D eigenvalue weighted by atomic mass is 10.0. The first-order chi connectivity index (χ1) is 20.7. The summed E-state index contributed by atoms with van der Waals surface area (Å²) in [6.07, 6.45) is 6.37. The Morgan fingerprint density at radius 1 is 0.930 bits per heavy atom. The van der Waals surface area contributed by atoms with Crippen molar-refractivity contribution in [3.05, 3.63) is 101 Å². The van der Waals surface area contributed by atoms with Gasteiger partial charge in [0, 0.05) is 37.5 Å². The Morgan fingerprint density at radius 3 is 2.21 bits per heavy atom. The summed E-state index contributed by atoms with van der Waals surface area (Å²) in [5.41, 5.74) is 2.83. The number of carbonyl (C=O) groups is 2. The number of carbonyl (C=O) groups excluding carboxylic acids is 2. The van der Waals surface area contributed by atoms with Crippen molar-refractivity contribution in [2.45, 2.75) is 76.9 Å². The van der Waals surface area contributed by atoms with Crippen molar-refractivity contribution in [1.29, 1.82) is 0 Å². The normalized spacial score (nSPS) is 14.3. The number of anilines is 1. The van der Waals surface area contributed by atoms with Gasteiger partial charge in [-0.1, -0.05) is 80.4 Å². The van der Waals surface area contributed by atoms with Crippen molar-refractivity contribution >= 4 is 27.5 Å². The monoisotopic (exact) mass is 607 g/mol. The Labute approximate surface area is 255 Å². The number of rotatable bonds is 14. The molecule has 0 aliphatic heterocycles. The van der Waals surface area contributed by atoms with Gasteiger partial charge in [0.2, 0.25) is 21.8 Å². The number of nitrogens with one attached hydrogen (secondary N) is 1. The Bertz CT molecular complexity index is 1460. The van der Waals surface area contributed by atoms with Gasteiger partial charge < -0.3 is 10.2 Å². The first-order valence-electron chi connectivity index (χ1n) is 15.1. The summed E-state index contributed by atoms with van der Waals surface area (Å²) in [7, 11) is -3.60. The highest BCUT2D eigenvalue weighted by molar-refractivity contribution is 7.92. The number of halogens is 1. The lowest BCUT2D eigenvalue weighted by Crippen LogP contribution is -2.52. The number of aryl methyl sites for hydroxylation is 1. The summed E-state index contributed by atoms with van der Waals surface area (Å²) in [6.45, 7) is 2.05. The Kier molecular flexibility index (Phi) is 11.3. The Morgan fingerprint density at radius 2 is 1.58 bits per heavy atom. The number of amides is 2. The third kappa shape index (κ3) is 9.13. The molecule has 1 N–H and O–H groups in total. The molecule has 0 unspecified atom stereocenters. The summed E-state index contributed by atoms with van der Waals surface area (Å²) in [5.74, 6) is -1.04. The predicted molar refractivity (Wildman–Crippen MR) is 169 cm³/mol. The summed E-state index contributed by atoms with van der Waals surface area (Å²) >= 11 is 0. The summed E-state index contributed by atoms with van der Waals surface area (Å²) in [4.78, 5) is 29.2. The maximum absolute atomic E-state index is 14.9. The molecule has 7 nitrogen and oxygen atoms in total. The fourth-order valence-corrected chi connectivity index (χ4v) is 6.60. The second-order valence-corrected chi connectivity index (χ2v) is 13.2. The molecule has 4 rings (SSSR count). The third-order valence-electron chi connectivity index (χ3n) is 8.06. The molecule has 0 bridgehead atoms.